The predicted molar refractivity (Wildman–Crippen MR) is 60.4 cm³/mol. The maximum Gasteiger partial charge on any atom is 0.239 e. The smallest absolute Gasteiger partial charge is 0.239 e. The second-order valence-corrected chi connectivity index (χ2v) is 5.00. The largest absolute Gasteiger partial charge is 0.352 e. The van der Waals surface area contributed by atoms with Crippen LogP contribution in [-0.2, 0) is 9.59 Å². The molecule has 0 rings (SSSR count). The van der Waals surface area contributed by atoms with Crippen molar-refractivity contribution in [3.63, 3.8) is 0 Å². The molecule has 0 atom stereocenters. The zero-order valence-electron chi connectivity index (χ0n) is 10.5. The van der Waals surface area contributed by atoms with Crippen LogP contribution in [-0.4, -0.2) is 34.8 Å². The van der Waals surface area contributed by atoms with Gasteiger partial charge in [-0.05, 0) is 34.6 Å². The molecule has 0 aliphatic rings. The Morgan fingerprint density at radius 2 is 1.73 bits per heavy atom. The summed E-state index contributed by atoms with van der Waals surface area (Å²) in [7, 11) is 0. The first kappa shape index (κ1) is 13.9. The van der Waals surface area contributed by atoms with Crippen molar-refractivity contribution >= 4 is 11.8 Å². The summed E-state index contributed by atoms with van der Waals surface area (Å²) < 4.78 is 0. The number of hydrogen-bond acceptors (Lipinski definition) is 2. The number of hydrogen-bond donors (Lipinski definition) is 1. The fourth-order valence-corrected chi connectivity index (χ4v) is 1.33. The van der Waals surface area contributed by atoms with Crippen molar-refractivity contribution in [2.24, 2.45) is 0 Å². The summed E-state index contributed by atoms with van der Waals surface area (Å²) in [6, 6.07) is 0.103. The van der Waals surface area contributed by atoms with Crippen LogP contribution in [0.4, 0.5) is 0 Å². The predicted octanol–water partition coefficient (Wildman–Crippen LogP) is 1.16. The normalized spacial score (nSPS) is 11.4. The topological polar surface area (TPSA) is 49.4 Å². The molecule has 2 amide bonds. The molecule has 0 heterocycles. The van der Waals surface area contributed by atoms with Crippen molar-refractivity contribution in [3.05, 3.63) is 0 Å². The van der Waals surface area contributed by atoms with Crippen LogP contribution in [0.5, 0.6) is 0 Å². The number of carbonyl (C=O) groups is 2. The van der Waals surface area contributed by atoms with E-state index in [-0.39, 0.29) is 29.9 Å². The van der Waals surface area contributed by atoms with Crippen LogP contribution >= 0.6 is 0 Å². The Kier molecular flexibility index (Phi) is 4.78. The molecule has 0 bridgehead atoms. The molecule has 88 valence electrons. The monoisotopic (exact) mass is 214 g/mol. The molecule has 15 heavy (non-hydrogen) atoms. The lowest BCUT2D eigenvalue weighted by atomic mass is 10.1. The molecule has 0 aromatic rings. The average Bonchev–Trinajstić information content (AvgIpc) is 1.95. The average molecular weight is 214 g/mol. The summed E-state index contributed by atoms with van der Waals surface area (Å²) in [4.78, 5) is 24.4. The van der Waals surface area contributed by atoms with Crippen molar-refractivity contribution in [2.75, 3.05) is 6.54 Å². The maximum atomic E-state index is 11.5. The molecule has 0 aromatic heterocycles. The van der Waals surface area contributed by atoms with E-state index < -0.39 is 0 Å². The third-order valence-corrected chi connectivity index (χ3v) is 1.94. The van der Waals surface area contributed by atoms with Gasteiger partial charge in [0.15, 0.2) is 0 Å². The zero-order chi connectivity index (χ0) is 12.2. The molecule has 1 N–H and O–H groups in total. The fourth-order valence-electron chi connectivity index (χ4n) is 1.33. The molecule has 0 aliphatic heterocycles. The van der Waals surface area contributed by atoms with Crippen molar-refractivity contribution in [3.8, 4) is 0 Å². The van der Waals surface area contributed by atoms with E-state index in [1.54, 1.807) is 4.90 Å². The summed E-state index contributed by atoms with van der Waals surface area (Å²) in [5.41, 5.74) is -0.319. The third-order valence-electron chi connectivity index (χ3n) is 1.94. The van der Waals surface area contributed by atoms with Crippen LogP contribution in [0.15, 0.2) is 0 Å². The molecule has 0 aliphatic carbocycles. The van der Waals surface area contributed by atoms with E-state index in [9.17, 15) is 9.59 Å². The Morgan fingerprint density at radius 3 is 2.00 bits per heavy atom. The molecular weight excluding hydrogens is 192 g/mol. The van der Waals surface area contributed by atoms with Crippen molar-refractivity contribution in [2.45, 2.75) is 53.1 Å². The highest BCUT2D eigenvalue weighted by atomic mass is 16.2. The molecule has 0 fully saturated rings. The minimum Gasteiger partial charge on any atom is -0.352 e. The van der Waals surface area contributed by atoms with Gasteiger partial charge in [0, 0.05) is 18.5 Å². The molecule has 4 heteroatoms. The van der Waals surface area contributed by atoms with E-state index in [1.807, 2.05) is 34.6 Å². The van der Waals surface area contributed by atoms with Crippen LogP contribution in [0.1, 0.15) is 41.5 Å². The lowest BCUT2D eigenvalue weighted by molar-refractivity contribution is -0.139. The van der Waals surface area contributed by atoms with E-state index in [1.165, 1.54) is 6.92 Å². The Balaban J connectivity index is 4.44. The Bertz CT molecular complexity index is 241. The van der Waals surface area contributed by atoms with E-state index in [0.717, 1.165) is 0 Å². The highest BCUT2D eigenvalue weighted by Gasteiger charge is 2.25. The molecule has 0 saturated heterocycles. The van der Waals surface area contributed by atoms with Gasteiger partial charge in [0.25, 0.3) is 0 Å². The first-order chi connectivity index (χ1) is 6.64. The lowest BCUT2D eigenvalue weighted by Gasteiger charge is -2.34. The molecule has 0 radical (unpaired) electrons. The van der Waals surface area contributed by atoms with Crippen LogP contribution in [0.3, 0.4) is 0 Å². The summed E-state index contributed by atoms with van der Waals surface area (Å²) in [5.74, 6) is -0.198. The number of amides is 2. The number of rotatable bonds is 3. The van der Waals surface area contributed by atoms with Gasteiger partial charge in [0.05, 0.1) is 0 Å². The van der Waals surface area contributed by atoms with Gasteiger partial charge < -0.3 is 10.2 Å². The Morgan fingerprint density at radius 1 is 1.27 bits per heavy atom. The molecule has 0 aromatic carbocycles. The molecular formula is C11H22N2O2. The Hall–Kier alpha value is -1.06. The molecule has 4 nitrogen and oxygen atoms in total. The Labute approximate surface area is 92.0 Å². The second kappa shape index (κ2) is 5.14. The molecule has 0 spiro atoms. The highest BCUT2D eigenvalue weighted by Crippen LogP contribution is 2.12. The van der Waals surface area contributed by atoms with Gasteiger partial charge in [0.1, 0.15) is 6.54 Å². The van der Waals surface area contributed by atoms with Crippen LogP contribution in [0, 0.1) is 0 Å². The van der Waals surface area contributed by atoms with E-state index in [4.69, 9.17) is 0 Å². The number of nitrogens with zero attached hydrogens (tertiary/aromatic N) is 1. The summed E-state index contributed by atoms with van der Waals surface area (Å²) in [6.45, 7) is 11.1. The van der Waals surface area contributed by atoms with Gasteiger partial charge in [0.2, 0.25) is 11.8 Å². The lowest BCUT2D eigenvalue weighted by Crippen LogP contribution is -2.50. The van der Waals surface area contributed by atoms with Gasteiger partial charge in [-0.1, -0.05) is 0 Å². The summed E-state index contributed by atoms with van der Waals surface area (Å²) in [5, 5.41) is 2.77. The first-order valence-electron chi connectivity index (χ1n) is 5.22. The number of nitrogens with one attached hydrogen (secondary N) is 1. The quantitative estimate of drug-likeness (QED) is 0.766. The SMILES string of the molecule is CC(=O)N(CC(=O)NC(C)C)C(C)(C)C. The number of carbonyl (C=O) groups excluding carboxylic acids is 2. The van der Waals surface area contributed by atoms with Gasteiger partial charge in [-0.3, -0.25) is 9.59 Å². The second-order valence-electron chi connectivity index (χ2n) is 5.00. The van der Waals surface area contributed by atoms with Crippen molar-refractivity contribution in [1.82, 2.24) is 10.2 Å². The fraction of sp³-hybridized carbons (Fsp3) is 0.818. The van der Waals surface area contributed by atoms with Crippen LogP contribution in [0.2, 0.25) is 0 Å². The highest BCUT2D eigenvalue weighted by molar-refractivity contribution is 5.84. The van der Waals surface area contributed by atoms with Gasteiger partial charge >= 0.3 is 0 Å². The van der Waals surface area contributed by atoms with Crippen molar-refractivity contribution in [1.29, 1.82) is 0 Å². The summed E-state index contributed by atoms with van der Waals surface area (Å²) in [6.07, 6.45) is 0. The third kappa shape index (κ3) is 5.40. The summed E-state index contributed by atoms with van der Waals surface area (Å²) >= 11 is 0. The molecule has 0 saturated carbocycles. The van der Waals surface area contributed by atoms with Crippen LogP contribution in [0.25, 0.3) is 0 Å². The minimum absolute atomic E-state index is 0.0820. The van der Waals surface area contributed by atoms with E-state index in [0.29, 0.717) is 0 Å². The molecule has 0 unspecified atom stereocenters. The van der Waals surface area contributed by atoms with Gasteiger partial charge in [-0.25, -0.2) is 0 Å². The zero-order valence-corrected chi connectivity index (χ0v) is 10.5. The minimum atomic E-state index is -0.319. The van der Waals surface area contributed by atoms with Crippen LogP contribution < -0.4 is 5.32 Å². The van der Waals surface area contributed by atoms with Gasteiger partial charge in [-0.15, -0.1) is 0 Å². The first-order valence-corrected chi connectivity index (χ1v) is 5.22. The maximum absolute atomic E-state index is 11.5. The van der Waals surface area contributed by atoms with Gasteiger partial charge in [-0.2, -0.15) is 0 Å². The standard InChI is InChI=1S/C11H22N2O2/c1-8(2)12-10(15)7-13(9(3)14)11(4,5)6/h8H,7H2,1-6H3,(H,12,15). The van der Waals surface area contributed by atoms with E-state index >= 15 is 0 Å². The van der Waals surface area contributed by atoms with E-state index in [2.05, 4.69) is 5.32 Å². The van der Waals surface area contributed by atoms with Crippen molar-refractivity contribution < 1.29 is 9.59 Å².